The Balaban J connectivity index is 1.59. The first-order valence-corrected chi connectivity index (χ1v) is 10.5. The number of carbonyl (C=O) groups is 2. The molecule has 2 aromatic carbocycles. The molecule has 4 rings (SSSR count). The maximum atomic E-state index is 12.9. The number of hydrogen-bond acceptors (Lipinski definition) is 6. The third kappa shape index (κ3) is 4.72. The van der Waals surface area contributed by atoms with Gasteiger partial charge in [0.15, 0.2) is 18.1 Å². The molecule has 0 spiro atoms. The van der Waals surface area contributed by atoms with Crippen molar-refractivity contribution in [1.29, 1.82) is 0 Å². The lowest BCUT2D eigenvalue weighted by molar-refractivity contribution is -0.119. The summed E-state index contributed by atoms with van der Waals surface area (Å²) in [6.45, 7) is 1.05. The van der Waals surface area contributed by atoms with E-state index in [9.17, 15) is 14.4 Å². The fourth-order valence-corrected chi connectivity index (χ4v) is 3.50. The molecule has 0 fully saturated rings. The Morgan fingerprint density at radius 3 is 2.39 bits per heavy atom. The van der Waals surface area contributed by atoms with Gasteiger partial charge >= 0.3 is 5.97 Å². The van der Waals surface area contributed by atoms with Crippen LogP contribution in [-0.2, 0) is 9.53 Å². The second-order valence-electron chi connectivity index (χ2n) is 6.96. The lowest BCUT2D eigenvalue weighted by atomic mass is 10.1. The van der Waals surface area contributed by atoms with Crippen LogP contribution in [0.3, 0.4) is 0 Å². The average Bonchev–Trinajstić information content (AvgIpc) is 2.82. The maximum absolute atomic E-state index is 12.9. The quantitative estimate of drug-likeness (QED) is 0.427. The van der Waals surface area contributed by atoms with Gasteiger partial charge in [0, 0.05) is 5.39 Å². The summed E-state index contributed by atoms with van der Waals surface area (Å²) in [5.41, 5.74) is 0.483. The third-order valence-electron chi connectivity index (χ3n) is 4.70. The molecule has 2 heterocycles. The van der Waals surface area contributed by atoms with Crippen molar-refractivity contribution in [2.75, 3.05) is 11.9 Å². The Hall–Kier alpha value is -3.75. The number of nitrogens with zero attached hydrogens (tertiary/aromatic N) is 3. The summed E-state index contributed by atoms with van der Waals surface area (Å²) < 4.78 is 6.29. The van der Waals surface area contributed by atoms with Crippen LogP contribution in [0.1, 0.15) is 16.2 Å². The van der Waals surface area contributed by atoms with E-state index in [4.69, 9.17) is 27.9 Å². The van der Waals surface area contributed by atoms with Crippen molar-refractivity contribution in [3.05, 3.63) is 92.5 Å². The van der Waals surface area contributed by atoms with Crippen LogP contribution >= 0.6 is 23.2 Å². The highest BCUT2D eigenvalue weighted by Crippen LogP contribution is 2.25. The number of aryl methyl sites for hydroxylation is 1. The maximum Gasteiger partial charge on any atom is 0.359 e. The molecular formula is C23H16Cl2N4O4. The number of benzene rings is 2. The van der Waals surface area contributed by atoms with Gasteiger partial charge in [-0.15, -0.1) is 0 Å². The van der Waals surface area contributed by atoms with Gasteiger partial charge in [0.05, 0.1) is 26.8 Å². The number of fused-ring (bicyclic) bond motifs is 1. The van der Waals surface area contributed by atoms with Crippen molar-refractivity contribution in [2.45, 2.75) is 6.92 Å². The van der Waals surface area contributed by atoms with Gasteiger partial charge in [0.1, 0.15) is 0 Å². The summed E-state index contributed by atoms with van der Waals surface area (Å²) in [7, 11) is 0. The fraction of sp³-hybridized carbons (Fsp3) is 0.0870. The van der Waals surface area contributed by atoms with E-state index in [2.05, 4.69) is 15.4 Å². The van der Waals surface area contributed by atoms with E-state index in [1.54, 1.807) is 61.5 Å². The second-order valence-corrected chi connectivity index (χ2v) is 7.77. The van der Waals surface area contributed by atoms with Gasteiger partial charge in [-0.3, -0.25) is 9.59 Å². The number of esters is 1. The van der Waals surface area contributed by atoms with Crippen molar-refractivity contribution < 1.29 is 14.3 Å². The number of pyridine rings is 1. The van der Waals surface area contributed by atoms with Crippen molar-refractivity contribution in [3.63, 3.8) is 0 Å². The number of ether oxygens (including phenoxy) is 1. The first-order chi connectivity index (χ1) is 15.8. The highest BCUT2D eigenvalue weighted by Gasteiger charge is 2.20. The van der Waals surface area contributed by atoms with Gasteiger partial charge in [-0.25, -0.2) is 9.78 Å². The van der Waals surface area contributed by atoms with Crippen LogP contribution in [0, 0.1) is 6.92 Å². The van der Waals surface area contributed by atoms with Crippen LogP contribution in [0.2, 0.25) is 10.0 Å². The molecule has 0 aliphatic carbocycles. The summed E-state index contributed by atoms with van der Waals surface area (Å²) in [6, 6.07) is 16.7. The number of anilines is 1. The van der Waals surface area contributed by atoms with Crippen LogP contribution in [0.5, 0.6) is 0 Å². The molecule has 0 unspecified atom stereocenters. The zero-order chi connectivity index (χ0) is 23.5. The minimum Gasteiger partial charge on any atom is -0.451 e. The van der Waals surface area contributed by atoms with E-state index in [0.717, 1.165) is 4.68 Å². The molecule has 1 amide bonds. The molecular weight excluding hydrogens is 467 g/mol. The zero-order valence-corrected chi connectivity index (χ0v) is 18.7. The zero-order valence-electron chi connectivity index (χ0n) is 17.2. The smallest absolute Gasteiger partial charge is 0.359 e. The molecule has 10 heteroatoms. The van der Waals surface area contributed by atoms with E-state index < -0.39 is 18.5 Å². The van der Waals surface area contributed by atoms with Crippen molar-refractivity contribution in [1.82, 2.24) is 14.8 Å². The molecule has 2 aromatic heterocycles. The van der Waals surface area contributed by atoms with Crippen LogP contribution in [-0.4, -0.2) is 33.2 Å². The predicted molar refractivity (Wildman–Crippen MR) is 125 cm³/mol. The molecule has 4 aromatic rings. The average molecular weight is 483 g/mol. The van der Waals surface area contributed by atoms with E-state index in [0.29, 0.717) is 27.2 Å². The second kappa shape index (κ2) is 9.40. The van der Waals surface area contributed by atoms with Crippen LogP contribution in [0.4, 0.5) is 5.82 Å². The number of rotatable bonds is 5. The van der Waals surface area contributed by atoms with Gasteiger partial charge in [-0.1, -0.05) is 59.6 Å². The molecule has 33 heavy (non-hydrogen) atoms. The van der Waals surface area contributed by atoms with Crippen molar-refractivity contribution in [2.24, 2.45) is 0 Å². The van der Waals surface area contributed by atoms with Crippen molar-refractivity contribution >= 4 is 51.7 Å². The van der Waals surface area contributed by atoms with Crippen LogP contribution < -0.4 is 10.9 Å². The number of para-hydroxylation sites is 1. The molecule has 0 aliphatic heterocycles. The van der Waals surface area contributed by atoms with Gasteiger partial charge in [0.2, 0.25) is 0 Å². The SMILES string of the molecule is Cc1nc(NC(=O)COC(=O)c2nn(-c3ccccc3)c(=O)c3ccccc23)c(Cl)cc1Cl. The minimum absolute atomic E-state index is 0.0969. The monoisotopic (exact) mass is 482 g/mol. The van der Waals surface area contributed by atoms with Crippen molar-refractivity contribution in [3.8, 4) is 5.69 Å². The van der Waals surface area contributed by atoms with E-state index in [1.807, 2.05) is 0 Å². The summed E-state index contributed by atoms with van der Waals surface area (Å²) in [5.74, 6) is -1.42. The lowest BCUT2D eigenvalue weighted by Gasteiger charge is -2.11. The number of aromatic nitrogens is 3. The summed E-state index contributed by atoms with van der Waals surface area (Å²) >= 11 is 12.0. The largest absolute Gasteiger partial charge is 0.451 e. The molecule has 0 radical (unpaired) electrons. The number of nitrogens with one attached hydrogen (secondary N) is 1. The minimum atomic E-state index is -0.864. The summed E-state index contributed by atoms with van der Waals surface area (Å²) in [6.07, 6.45) is 0. The molecule has 0 bridgehead atoms. The number of carbonyl (C=O) groups excluding carboxylic acids is 2. The number of halogens is 2. The molecule has 0 atom stereocenters. The fourth-order valence-electron chi connectivity index (χ4n) is 3.10. The van der Waals surface area contributed by atoms with E-state index in [1.165, 1.54) is 6.07 Å². The molecule has 0 aliphatic rings. The van der Waals surface area contributed by atoms with Gasteiger partial charge in [0.25, 0.3) is 11.5 Å². The summed E-state index contributed by atoms with van der Waals surface area (Å²) in [5, 5.41) is 7.81. The predicted octanol–water partition coefficient (Wildman–Crippen LogP) is 4.19. The topological polar surface area (TPSA) is 103 Å². The Kier molecular flexibility index (Phi) is 6.39. The molecule has 166 valence electrons. The molecule has 0 saturated heterocycles. The number of hydrogen-bond donors (Lipinski definition) is 1. The number of amides is 1. The molecule has 8 nitrogen and oxygen atoms in total. The van der Waals surface area contributed by atoms with Crippen LogP contribution in [0.25, 0.3) is 16.5 Å². The normalized spacial score (nSPS) is 10.8. The first kappa shape index (κ1) is 22.4. The van der Waals surface area contributed by atoms with Gasteiger partial charge < -0.3 is 10.1 Å². The molecule has 0 saturated carbocycles. The summed E-state index contributed by atoms with van der Waals surface area (Å²) in [4.78, 5) is 42.2. The Morgan fingerprint density at radius 1 is 1.00 bits per heavy atom. The van der Waals surface area contributed by atoms with Gasteiger partial charge in [-0.05, 0) is 31.2 Å². The highest BCUT2D eigenvalue weighted by atomic mass is 35.5. The van der Waals surface area contributed by atoms with E-state index in [-0.39, 0.29) is 22.1 Å². The Labute approximate surface area is 197 Å². The standard InChI is InChI=1S/C23H16Cl2N4O4/c1-13-17(24)11-18(25)21(26-13)27-19(30)12-33-23(32)20-15-9-5-6-10-16(15)22(31)29(28-20)14-7-3-2-4-8-14/h2-11H,12H2,1H3,(H,26,27,30). The van der Waals surface area contributed by atoms with Crippen LogP contribution in [0.15, 0.2) is 65.5 Å². The molecule has 1 N–H and O–H groups in total. The van der Waals surface area contributed by atoms with E-state index >= 15 is 0 Å². The first-order valence-electron chi connectivity index (χ1n) is 9.72. The highest BCUT2D eigenvalue weighted by molar-refractivity contribution is 6.36. The third-order valence-corrected chi connectivity index (χ3v) is 5.37. The van der Waals surface area contributed by atoms with Gasteiger partial charge in [-0.2, -0.15) is 9.78 Å². The Morgan fingerprint density at radius 2 is 1.67 bits per heavy atom. The Bertz CT molecular complexity index is 1440. The lowest BCUT2D eigenvalue weighted by Crippen LogP contribution is -2.27.